The van der Waals surface area contributed by atoms with E-state index in [9.17, 15) is 4.39 Å². The molecule has 100 valence electrons. The summed E-state index contributed by atoms with van der Waals surface area (Å²) >= 11 is 3.40. The Balaban J connectivity index is 1.97. The molecule has 2 nitrogen and oxygen atoms in total. The van der Waals surface area contributed by atoms with Gasteiger partial charge >= 0.3 is 0 Å². The number of hydrogen-bond donors (Lipinski definition) is 1. The minimum absolute atomic E-state index is 0.0548. The Hall–Kier alpha value is -0.450. The van der Waals surface area contributed by atoms with E-state index in [1.165, 1.54) is 12.1 Å². The summed E-state index contributed by atoms with van der Waals surface area (Å²) in [6.45, 7) is 5.89. The van der Waals surface area contributed by atoms with Crippen molar-refractivity contribution in [3.8, 4) is 0 Å². The van der Waals surface area contributed by atoms with Gasteiger partial charge in [0.2, 0.25) is 0 Å². The quantitative estimate of drug-likeness (QED) is 0.912. The van der Waals surface area contributed by atoms with E-state index >= 15 is 0 Å². The average molecular weight is 316 g/mol. The van der Waals surface area contributed by atoms with Crippen molar-refractivity contribution in [1.82, 2.24) is 5.32 Å². The predicted molar refractivity (Wildman–Crippen MR) is 74.1 cm³/mol. The molecule has 1 aromatic rings. The second-order valence-corrected chi connectivity index (χ2v) is 6.02. The van der Waals surface area contributed by atoms with Gasteiger partial charge in [0.05, 0.1) is 5.60 Å². The fourth-order valence-electron chi connectivity index (χ4n) is 2.31. The van der Waals surface area contributed by atoms with Crippen LogP contribution in [0.4, 0.5) is 4.39 Å². The zero-order valence-electron chi connectivity index (χ0n) is 10.8. The van der Waals surface area contributed by atoms with Crippen molar-refractivity contribution >= 4 is 15.9 Å². The molecular weight excluding hydrogens is 297 g/mol. The monoisotopic (exact) mass is 315 g/mol. The van der Waals surface area contributed by atoms with Crippen LogP contribution in [-0.4, -0.2) is 18.8 Å². The van der Waals surface area contributed by atoms with Gasteiger partial charge in [0.1, 0.15) is 5.82 Å². The van der Waals surface area contributed by atoms with Crippen LogP contribution >= 0.6 is 15.9 Å². The number of halogens is 2. The SMILES string of the molecule is CC(NCC1(C)CCCO1)c1ccc(F)cc1Br. The summed E-state index contributed by atoms with van der Waals surface area (Å²) in [5.41, 5.74) is 1.01. The Morgan fingerprint density at radius 1 is 1.56 bits per heavy atom. The number of ether oxygens (including phenoxy) is 1. The molecule has 1 heterocycles. The van der Waals surface area contributed by atoms with Crippen LogP contribution in [-0.2, 0) is 4.74 Å². The van der Waals surface area contributed by atoms with Crippen LogP contribution in [0, 0.1) is 5.82 Å². The normalized spacial score (nSPS) is 25.3. The van der Waals surface area contributed by atoms with Crippen LogP contribution in [0.25, 0.3) is 0 Å². The van der Waals surface area contributed by atoms with E-state index in [1.54, 1.807) is 0 Å². The maximum atomic E-state index is 13.0. The zero-order chi connectivity index (χ0) is 13.2. The summed E-state index contributed by atoms with van der Waals surface area (Å²) in [7, 11) is 0. The highest BCUT2D eigenvalue weighted by Crippen LogP contribution is 2.27. The topological polar surface area (TPSA) is 21.3 Å². The maximum absolute atomic E-state index is 13.0. The molecule has 1 fully saturated rings. The fraction of sp³-hybridized carbons (Fsp3) is 0.571. The van der Waals surface area contributed by atoms with Crippen molar-refractivity contribution in [3.05, 3.63) is 34.1 Å². The third kappa shape index (κ3) is 3.31. The van der Waals surface area contributed by atoms with Gasteiger partial charge in [-0.1, -0.05) is 22.0 Å². The molecule has 0 aromatic heterocycles. The number of nitrogens with one attached hydrogen (secondary N) is 1. The summed E-state index contributed by atoms with van der Waals surface area (Å²) in [6, 6.07) is 4.98. The lowest BCUT2D eigenvalue weighted by Gasteiger charge is -2.26. The van der Waals surface area contributed by atoms with Crippen molar-refractivity contribution in [3.63, 3.8) is 0 Å². The molecule has 2 unspecified atom stereocenters. The Kier molecular flexibility index (Phi) is 4.41. The highest BCUT2D eigenvalue weighted by molar-refractivity contribution is 9.10. The first kappa shape index (κ1) is 14.0. The standard InChI is InChI=1S/C14H19BrFNO/c1-10(12-5-4-11(16)8-13(12)15)17-9-14(2)6-3-7-18-14/h4-5,8,10,17H,3,6-7,9H2,1-2H3. The van der Waals surface area contributed by atoms with E-state index in [1.807, 2.05) is 6.07 Å². The summed E-state index contributed by atoms with van der Waals surface area (Å²) in [5, 5.41) is 3.46. The molecule has 0 saturated carbocycles. The number of hydrogen-bond acceptors (Lipinski definition) is 2. The Morgan fingerprint density at radius 3 is 2.94 bits per heavy atom. The maximum Gasteiger partial charge on any atom is 0.124 e. The molecule has 4 heteroatoms. The molecule has 0 aliphatic carbocycles. The predicted octanol–water partition coefficient (Wildman–Crippen LogP) is 3.81. The molecule has 2 rings (SSSR count). The lowest BCUT2D eigenvalue weighted by molar-refractivity contribution is 0.0191. The van der Waals surface area contributed by atoms with Crippen LogP contribution in [0.15, 0.2) is 22.7 Å². The molecule has 0 amide bonds. The molecule has 1 N–H and O–H groups in total. The average Bonchev–Trinajstić information content (AvgIpc) is 2.74. The van der Waals surface area contributed by atoms with Crippen molar-refractivity contribution in [2.24, 2.45) is 0 Å². The van der Waals surface area contributed by atoms with Crippen LogP contribution in [0.3, 0.4) is 0 Å². The number of benzene rings is 1. The van der Waals surface area contributed by atoms with Gasteiger partial charge in [0.25, 0.3) is 0 Å². The van der Waals surface area contributed by atoms with E-state index in [-0.39, 0.29) is 17.5 Å². The van der Waals surface area contributed by atoms with Gasteiger partial charge in [0, 0.05) is 23.7 Å². The second-order valence-electron chi connectivity index (χ2n) is 5.17. The minimum Gasteiger partial charge on any atom is -0.374 e. The van der Waals surface area contributed by atoms with E-state index in [0.717, 1.165) is 36.0 Å². The van der Waals surface area contributed by atoms with Crippen molar-refractivity contribution in [2.45, 2.75) is 38.3 Å². The van der Waals surface area contributed by atoms with Gasteiger partial charge in [-0.25, -0.2) is 4.39 Å². The van der Waals surface area contributed by atoms with Gasteiger partial charge in [-0.05, 0) is 44.4 Å². The summed E-state index contributed by atoms with van der Waals surface area (Å²) in [5.74, 6) is -0.219. The molecule has 1 saturated heterocycles. The van der Waals surface area contributed by atoms with E-state index < -0.39 is 0 Å². The highest BCUT2D eigenvalue weighted by atomic mass is 79.9. The van der Waals surface area contributed by atoms with Crippen LogP contribution in [0.1, 0.15) is 38.3 Å². The zero-order valence-corrected chi connectivity index (χ0v) is 12.4. The van der Waals surface area contributed by atoms with E-state index in [2.05, 4.69) is 35.1 Å². The lowest BCUT2D eigenvalue weighted by atomic mass is 10.0. The molecule has 0 spiro atoms. The first-order chi connectivity index (χ1) is 8.50. The first-order valence-corrected chi connectivity index (χ1v) is 7.12. The Labute approximate surface area is 116 Å². The minimum atomic E-state index is -0.219. The largest absolute Gasteiger partial charge is 0.374 e. The van der Waals surface area contributed by atoms with Gasteiger partial charge in [-0.15, -0.1) is 0 Å². The molecule has 2 atom stereocenters. The Morgan fingerprint density at radius 2 is 2.33 bits per heavy atom. The third-order valence-corrected chi connectivity index (χ3v) is 4.20. The first-order valence-electron chi connectivity index (χ1n) is 6.32. The van der Waals surface area contributed by atoms with Crippen molar-refractivity contribution in [1.29, 1.82) is 0 Å². The molecule has 0 radical (unpaired) electrons. The second kappa shape index (κ2) is 5.68. The van der Waals surface area contributed by atoms with Crippen molar-refractivity contribution < 1.29 is 9.13 Å². The smallest absolute Gasteiger partial charge is 0.124 e. The summed E-state index contributed by atoms with van der Waals surface area (Å²) < 4.78 is 19.6. The Bertz CT molecular complexity index is 418. The number of rotatable bonds is 4. The molecule has 1 aliphatic rings. The lowest BCUT2D eigenvalue weighted by Crippen LogP contribution is -2.38. The molecule has 0 bridgehead atoms. The van der Waals surface area contributed by atoms with Gasteiger partial charge < -0.3 is 10.1 Å². The summed E-state index contributed by atoms with van der Waals surface area (Å²) in [6.07, 6.45) is 2.23. The van der Waals surface area contributed by atoms with Crippen LogP contribution < -0.4 is 5.32 Å². The van der Waals surface area contributed by atoms with E-state index in [0.29, 0.717) is 0 Å². The fourth-order valence-corrected chi connectivity index (χ4v) is 3.00. The molecular formula is C14H19BrFNO. The molecule has 1 aromatic carbocycles. The molecule has 18 heavy (non-hydrogen) atoms. The summed E-state index contributed by atoms with van der Waals surface area (Å²) in [4.78, 5) is 0. The van der Waals surface area contributed by atoms with E-state index in [4.69, 9.17) is 4.74 Å². The highest BCUT2D eigenvalue weighted by Gasteiger charge is 2.29. The van der Waals surface area contributed by atoms with Crippen LogP contribution in [0.5, 0.6) is 0 Å². The van der Waals surface area contributed by atoms with Gasteiger partial charge in [0.15, 0.2) is 0 Å². The van der Waals surface area contributed by atoms with Gasteiger partial charge in [-0.3, -0.25) is 0 Å². The van der Waals surface area contributed by atoms with Crippen molar-refractivity contribution in [2.75, 3.05) is 13.2 Å². The van der Waals surface area contributed by atoms with Crippen LogP contribution in [0.2, 0.25) is 0 Å². The van der Waals surface area contributed by atoms with Gasteiger partial charge in [-0.2, -0.15) is 0 Å². The third-order valence-electron chi connectivity index (χ3n) is 3.51. The molecule has 1 aliphatic heterocycles.